The lowest BCUT2D eigenvalue weighted by molar-refractivity contribution is -0.125. The van der Waals surface area contributed by atoms with Gasteiger partial charge in [0.1, 0.15) is 14.8 Å². The van der Waals surface area contributed by atoms with Gasteiger partial charge < -0.3 is 26.2 Å². The Morgan fingerprint density at radius 1 is 1.42 bits per heavy atom. The van der Waals surface area contributed by atoms with Gasteiger partial charge in [-0.1, -0.05) is 0 Å². The molecule has 1 saturated carbocycles. The molecule has 11 heteroatoms. The Kier molecular flexibility index (Phi) is 4.86. The number of rotatable bonds is 5. The van der Waals surface area contributed by atoms with Crippen molar-refractivity contribution < 1.29 is 27.9 Å². The molecule has 9 nitrogen and oxygen atoms in total. The molecular formula is C15H21N3O6S2. The maximum absolute atomic E-state index is 12.9. The second-order valence-corrected chi connectivity index (χ2v) is 10.1. The number of morpholine rings is 1. The molecule has 2 amide bonds. The molecule has 0 bridgehead atoms. The highest BCUT2D eigenvalue weighted by Gasteiger charge is 2.48. The van der Waals surface area contributed by atoms with E-state index in [0.717, 1.165) is 17.4 Å². The van der Waals surface area contributed by atoms with Gasteiger partial charge in [-0.05, 0) is 32.8 Å². The standard InChI is InChI=1S/C15H21N3O6S2/c1-7-6-24-13(8(2)17-7)26(22,23)10-5-9(11(16)19)12(25-10)18-14(20)15(21)3-4-15/h5,7-8,13,17,21H,3-4,6H2,1-2H3,(H2,16,19)(H,18,20). The van der Waals surface area contributed by atoms with Crippen molar-refractivity contribution in [3.05, 3.63) is 11.6 Å². The largest absolute Gasteiger partial charge is 0.380 e. The third-order valence-electron chi connectivity index (χ3n) is 4.40. The number of anilines is 1. The molecule has 5 N–H and O–H groups in total. The van der Waals surface area contributed by atoms with Gasteiger partial charge in [0.2, 0.25) is 9.84 Å². The van der Waals surface area contributed by atoms with Crippen molar-refractivity contribution in [1.29, 1.82) is 0 Å². The summed E-state index contributed by atoms with van der Waals surface area (Å²) in [6, 6.07) is 0.714. The average molecular weight is 403 g/mol. The lowest BCUT2D eigenvalue weighted by atomic mass is 10.2. The van der Waals surface area contributed by atoms with Gasteiger partial charge in [0.05, 0.1) is 12.2 Å². The Labute approximate surface area is 154 Å². The van der Waals surface area contributed by atoms with Gasteiger partial charge in [0, 0.05) is 12.1 Å². The van der Waals surface area contributed by atoms with Gasteiger partial charge in [0.25, 0.3) is 11.8 Å². The normalized spacial score (nSPS) is 27.7. The molecule has 0 spiro atoms. The minimum atomic E-state index is -3.91. The van der Waals surface area contributed by atoms with Crippen molar-refractivity contribution in [2.45, 2.75) is 54.0 Å². The van der Waals surface area contributed by atoms with Crippen LogP contribution in [0.15, 0.2) is 10.3 Å². The van der Waals surface area contributed by atoms with Crippen LogP contribution in [-0.4, -0.2) is 55.1 Å². The lowest BCUT2D eigenvalue weighted by Gasteiger charge is -2.33. The molecule has 1 saturated heterocycles. The van der Waals surface area contributed by atoms with Crippen LogP contribution >= 0.6 is 11.3 Å². The first-order valence-electron chi connectivity index (χ1n) is 8.13. The maximum Gasteiger partial charge on any atom is 0.256 e. The molecule has 3 rings (SSSR count). The first kappa shape index (κ1) is 19.2. The summed E-state index contributed by atoms with van der Waals surface area (Å²) in [7, 11) is -3.91. The van der Waals surface area contributed by atoms with E-state index in [1.54, 1.807) is 6.92 Å². The van der Waals surface area contributed by atoms with Crippen LogP contribution in [-0.2, 0) is 19.4 Å². The molecule has 0 aromatic carbocycles. The molecule has 1 aromatic rings. The Bertz CT molecular complexity index is 846. The van der Waals surface area contributed by atoms with E-state index in [4.69, 9.17) is 10.5 Å². The molecule has 1 aliphatic heterocycles. The first-order valence-corrected chi connectivity index (χ1v) is 10.5. The topological polar surface area (TPSA) is 148 Å². The first-order chi connectivity index (χ1) is 12.0. The van der Waals surface area contributed by atoms with Crippen LogP contribution in [0.1, 0.15) is 37.0 Å². The van der Waals surface area contributed by atoms with Crippen LogP contribution in [0.5, 0.6) is 0 Å². The number of thiophene rings is 1. The Morgan fingerprint density at radius 3 is 2.62 bits per heavy atom. The maximum atomic E-state index is 12.9. The summed E-state index contributed by atoms with van der Waals surface area (Å²) >= 11 is 0.724. The highest BCUT2D eigenvalue weighted by atomic mass is 32.2. The number of primary amides is 1. The molecule has 1 aliphatic carbocycles. The van der Waals surface area contributed by atoms with E-state index in [0.29, 0.717) is 12.8 Å². The third kappa shape index (κ3) is 3.49. The zero-order valence-corrected chi connectivity index (χ0v) is 15.9. The average Bonchev–Trinajstić information content (AvgIpc) is 3.14. The van der Waals surface area contributed by atoms with Crippen molar-refractivity contribution in [2.24, 2.45) is 5.73 Å². The highest BCUT2D eigenvalue weighted by molar-refractivity contribution is 7.94. The summed E-state index contributed by atoms with van der Waals surface area (Å²) in [5.41, 5.74) is 2.62. The summed E-state index contributed by atoms with van der Waals surface area (Å²) in [6.07, 6.45) is 0.636. The Hall–Kier alpha value is -1.53. The van der Waals surface area contributed by atoms with Crippen LogP contribution < -0.4 is 16.4 Å². The van der Waals surface area contributed by atoms with E-state index in [9.17, 15) is 23.1 Å². The summed E-state index contributed by atoms with van der Waals surface area (Å²) in [5.74, 6) is -1.55. The number of aliphatic hydroxyl groups is 1. The quantitative estimate of drug-likeness (QED) is 0.532. The number of hydrogen-bond donors (Lipinski definition) is 4. The van der Waals surface area contributed by atoms with Crippen LogP contribution in [0.2, 0.25) is 0 Å². The number of nitrogens with one attached hydrogen (secondary N) is 2. The number of amides is 2. The highest BCUT2D eigenvalue weighted by Crippen LogP contribution is 2.39. The van der Waals surface area contributed by atoms with Crippen molar-refractivity contribution in [2.75, 3.05) is 11.9 Å². The SMILES string of the molecule is CC1COC(S(=O)(=O)c2cc(C(N)=O)c(NC(=O)C3(O)CC3)s2)C(C)N1. The zero-order chi connectivity index (χ0) is 19.3. The minimum absolute atomic E-state index is 0.00573. The molecule has 144 valence electrons. The predicted molar refractivity (Wildman–Crippen MR) is 94.6 cm³/mol. The lowest BCUT2D eigenvalue weighted by Crippen LogP contribution is -2.54. The fourth-order valence-corrected chi connectivity index (χ4v) is 5.96. The monoisotopic (exact) mass is 403 g/mol. The summed E-state index contributed by atoms with van der Waals surface area (Å²) in [5, 5.41) is 15.4. The molecule has 2 fully saturated rings. The molecule has 2 heterocycles. The van der Waals surface area contributed by atoms with Crippen LogP contribution in [0.25, 0.3) is 0 Å². The van der Waals surface area contributed by atoms with Crippen LogP contribution in [0, 0.1) is 0 Å². The second-order valence-electron chi connectivity index (χ2n) is 6.76. The number of carbonyl (C=O) groups excluding carboxylic acids is 2. The number of hydrogen-bond acceptors (Lipinski definition) is 8. The van der Waals surface area contributed by atoms with E-state index in [2.05, 4.69) is 10.6 Å². The fraction of sp³-hybridized carbons (Fsp3) is 0.600. The van der Waals surface area contributed by atoms with Crippen molar-refractivity contribution in [1.82, 2.24) is 5.32 Å². The smallest absolute Gasteiger partial charge is 0.256 e. The zero-order valence-electron chi connectivity index (χ0n) is 14.3. The minimum Gasteiger partial charge on any atom is -0.380 e. The second kappa shape index (κ2) is 6.57. The van der Waals surface area contributed by atoms with Gasteiger partial charge in [-0.3, -0.25) is 9.59 Å². The van der Waals surface area contributed by atoms with Crippen molar-refractivity contribution >= 4 is 38.0 Å². The Balaban J connectivity index is 1.91. The van der Waals surface area contributed by atoms with Gasteiger partial charge >= 0.3 is 0 Å². The summed E-state index contributed by atoms with van der Waals surface area (Å²) in [6.45, 7) is 3.82. The molecular weight excluding hydrogens is 382 g/mol. The van der Waals surface area contributed by atoms with E-state index in [1.807, 2.05) is 6.92 Å². The van der Waals surface area contributed by atoms with Gasteiger partial charge in [-0.15, -0.1) is 11.3 Å². The third-order valence-corrected chi connectivity index (χ3v) is 8.03. The number of ether oxygens (including phenoxy) is 1. The molecule has 3 unspecified atom stereocenters. The summed E-state index contributed by atoms with van der Waals surface area (Å²) in [4.78, 5) is 23.7. The molecule has 1 aromatic heterocycles. The molecule has 3 atom stereocenters. The Morgan fingerprint density at radius 2 is 2.08 bits per heavy atom. The number of nitrogens with two attached hydrogens (primary N) is 1. The number of carbonyl (C=O) groups is 2. The molecule has 0 radical (unpaired) electrons. The van der Waals surface area contributed by atoms with E-state index in [1.165, 1.54) is 0 Å². The van der Waals surface area contributed by atoms with Gasteiger partial charge in [-0.25, -0.2) is 8.42 Å². The van der Waals surface area contributed by atoms with Crippen LogP contribution in [0.3, 0.4) is 0 Å². The summed E-state index contributed by atoms with van der Waals surface area (Å²) < 4.78 is 31.2. The van der Waals surface area contributed by atoms with Crippen molar-refractivity contribution in [3.63, 3.8) is 0 Å². The van der Waals surface area contributed by atoms with E-state index in [-0.39, 0.29) is 27.4 Å². The molecule has 26 heavy (non-hydrogen) atoms. The molecule has 2 aliphatic rings. The van der Waals surface area contributed by atoms with E-state index < -0.39 is 38.7 Å². The predicted octanol–water partition coefficient (Wildman–Crippen LogP) is -0.193. The van der Waals surface area contributed by atoms with E-state index >= 15 is 0 Å². The van der Waals surface area contributed by atoms with Crippen molar-refractivity contribution in [3.8, 4) is 0 Å². The number of sulfone groups is 1. The van der Waals surface area contributed by atoms with Crippen LogP contribution in [0.4, 0.5) is 5.00 Å². The van der Waals surface area contributed by atoms with Gasteiger partial charge in [0.15, 0.2) is 5.44 Å². The fourth-order valence-electron chi connectivity index (χ4n) is 2.78. The van der Waals surface area contributed by atoms with Gasteiger partial charge in [-0.2, -0.15) is 0 Å².